The van der Waals surface area contributed by atoms with Crippen LogP contribution in [0.3, 0.4) is 0 Å². The first-order valence-corrected chi connectivity index (χ1v) is 9.15. The normalized spacial score (nSPS) is 17.6. The molecule has 0 spiro atoms. The number of nitrogens with zero attached hydrogens (tertiary/aromatic N) is 3. The summed E-state index contributed by atoms with van der Waals surface area (Å²) in [5, 5.41) is 6.69. The number of piperazine rings is 1. The van der Waals surface area contributed by atoms with E-state index < -0.39 is 0 Å². The molecule has 1 aromatic heterocycles. The van der Waals surface area contributed by atoms with Crippen molar-refractivity contribution >= 4 is 6.21 Å². The van der Waals surface area contributed by atoms with Crippen molar-refractivity contribution < 1.29 is 4.42 Å². The van der Waals surface area contributed by atoms with Crippen molar-refractivity contribution in [2.24, 2.45) is 5.10 Å². The van der Waals surface area contributed by atoms with E-state index in [1.54, 1.807) is 12.5 Å². The van der Waals surface area contributed by atoms with Crippen molar-refractivity contribution in [2.45, 2.75) is 6.04 Å². The number of furan rings is 1. The molecule has 26 heavy (non-hydrogen) atoms. The van der Waals surface area contributed by atoms with E-state index in [2.05, 4.69) is 63.5 Å². The molecule has 0 amide bonds. The largest absolute Gasteiger partial charge is 0.463 e. The second-order valence-electron chi connectivity index (χ2n) is 6.83. The Balaban J connectivity index is 1.35. The molecule has 1 saturated heterocycles. The minimum absolute atomic E-state index is 0.360. The van der Waals surface area contributed by atoms with Gasteiger partial charge < -0.3 is 4.42 Å². The number of hydrogen-bond donors (Lipinski definition) is 0. The van der Waals surface area contributed by atoms with Crippen molar-refractivity contribution in [2.75, 3.05) is 26.2 Å². The first-order chi connectivity index (χ1) is 12.9. The van der Waals surface area contributed by atoms with Gasteiger partial charge in [0.25, 0.3) is 0 Å². The lowest BCUT2D eigenvalue weighted by atomic mass is 10.0. The Bertz CT molecular complexity index is 879. The van der Waals surface area contributed by atoms with Gasteiger partial charge in [0.15, 0.2) is 0 Å². The molecular formula is C22H21N3O. The Morgan fingerprint density at radius 2 is 1.46 bits per heavy atom. The van der Waals surface area contributed by atoms with Gasteiger partial charge in [-0.1, -0.05) is 48.5 Å². The standard InChI is InChI=1S/C22H21N3O/c1-3-9-20-18(7-1)19-8-2-4-10-21(19)22(20)24-11-13-25(14-12-24)23-16-17-6-5-15-26-17/h1-10,15-16,22H,11-14H2/b23-16+. The number of benzene rings is 2. The Morgan fingerprint density at radius 1 is 0.808 bits per heavy atom. The maximum absolute atomic E-state index is 5.32. The molecule has 0 radical (unpaired) electrons. The molecule has 0 bridgehead atoms. The zero-order chi connectivity index (χ0) is 17.3. The van der Waals surface area contributed by atoms with E-state index in [0.717, 1.165) is 31.9 Å². The summed E-state index contributed by atoms with van der Waals surface area (Å²) in [6, 6.07) is 21.8. The summed E-state index contributed by atoms with van der Waals surface area (Å²) < 4.78 is 5.32. The van der Waals surface area contributed by atoms with Crippen LogP contribution in [0.4, 0.5) is 0 Å². The Labute approximate surface area is 153 Å². The summed E-state index contributed by atoms with van der Waals surface area (Å²) in [6.45, 7) is 3.86. The minimum atomic E-state index is 0.360. The summed E-state index contributed by atoms with van der Waals surface area (Å²) in [5.41, 5.74) is 5.63. The van der Waals surface area contributed by atoms with Crippen LogP contribution >= 0.6 is 0 Å². The minimum Gasteiger partial charge on any atom is -0.463 e. The summed E-state index contributed by atoms with van der Waals surface area (Å²) in [4.78, 5) is 2.59. The van der Waals surface area contributed by atoms with Crippen LogP contribution in [0.2, 0.25) is 0 Å². The lowest BCUT2D eigenvalue weighted by Crippen LogP contribution is -2.45. The highest BCUT2D eigenvalue weighted by molar-refractivity contribution is 5.78. The summed E-state index contributed by atoms with van der Waals surface area (Å²) in [6.07, 6.45) is 3.48. The number of hydrazone groups is 1. The van der Waals surface area contributed by atoms with E-state index in [1.165, 1.54) is 22.3 Å². The first kappa shape index (κ1) is 15.4. The lowest BCUT2D eigenvalue weighted by Gasteiger charge is -2.37. The fraction of sp³-hybridized carbons (Fsp3) is 0.227. The van der Waals surface area contributed by atoms with Gasteiger partial charge in [-0.15, -0.1) is 0 Å². The van der Waals surface area contributed by atoms with E-state index in [0.29, 0.717) is 6.04 Å². The molecule has 3 aromatic rings. The van der Waals surface area contributed by atoms with E-state index in [-0.39, 0.29) is 0 Å². The average molecular weight is 343 g/mol. The van der Waals surface area contributed by atoms with Crippen LogP contribution in [0.15, 0.2) is 76.4 Å². The molecule has 2 aromatic carbocycles. The van der Waals surface area contributed by atoms with Crippen molar-refractivity contribution in [3.63, 3.8) is 0 Å². The molecule has 1 aliphatic heterocycles. The van der Waals surface area contributed by atoms with Crippen LogP contribution in [-0.4, -0.2) is 42.3 Å². The van der Waals surface area contributed by atoms with E-state index >= 15 is 0 Å². The van der Waals surface area contributed by atoms with Crippen LogP contribution in [-0.2, 0) is 0 Å². The van der Waals surface area contributed by atoms with Crippen LogP contribution < -0.4 is 0 Å². The van der Waals surface area contributed by atoms with Crippen LogP contribution in [0.1, 0.15) is 22.9 Å². The topological polar surface area (TPSA) is 32.0 Å². The van der Waals surface area contributed by atoms with Crippen LogP contribution in [0, 0.1) is 0 Å². The second-order valence-corrected chi connectivity index (χ2v) is 6.83. The second kappa shape index (κ2) is 6.46. The lowest BCUT2D eigenvalue weighted by molar-refractivity contribution is 0.114. The van der Waals surface area contributed by atoms with Gasteiger partial charge in [0.2, 0.25) is 0 Å². The molecule has 0 saturated carbocycles. The third-order valence-electron chi connectivity index (χ3n) is 5.35. The van der Waals surface area contributed by atoms with Gasteiger partial charge in [-0.25, -0.2) is 0 Å². The predicted octanol–water partition coefficient (Wildman–Crippen LogP) is 4.00. The number of fused-ring (bicyclic) bond motifs is 3. The molecule has 2 aliphatic rings. The van der Waals surface area contributed by atoms with Gasteiger partial charge in [0.05, 0.1) is 18.5 Å². The predicted molar refractivity (Wildman–Crippen MR) is 103 cm³/mol. The fourth-order valence-corrected chi connectivity index (χ4v) is 4.11. The first-order valence-electron chi connectivity index (χ1n) is 9.15. The van der Waals surface area contributed by atoms with Gasteiger partial charge >= 0.3 is 0 Å². The molecule has 4 heteroatoms. The SMILES string of the molecule is C(=N\N1CCN(C2c3ccccc3-c3ccccc32)CC1)/c1ccco1. The van der Waals surface area contributed by atoms with Crippen molar-refractivity contribution in [1.82, 2.24) is 9.91 Å². The molecule has 1 aliphatic carbocycles. The molecule has 2 heterocycles. The quantitative estimate of drug-likeness (QED) is 0.674. The highest BCUT2D eigenvalue weighted by Gasteiger charge is 2.33. The Morgan fingerprint density at radius 3 is 2.08 bits per heavy atom. The Kier molecular flexibility index (Phi) is 3.83. The Hall–Kier alpha value is -2.85. The zero-order valence-electron chi connectivity index (χ0n) is 14.6. The number of rotatable bonds is 3. The summed E-state index contributed by atoms with van der Waals surface area (Å²) >= 11 is 0. The summed E-state index contributed by atoms with van der Waals surface area (Å²) in [7, 11) is 0. The number of hydrogen-bond acceptors (Lipinski definition) is 4. The van der Waals surface area contributed by atoms with E-state index in [1.807, 2.05) is 12.1 Å². The molecule has 4 nitrogen and oxygen atoms in total. The molecule has 0 N–H and O–H groups in total. The molecular weight excluding hydrogens is 322 g/mol. The van der Waals surface area contributed by atoms with Crippen molar-refractivity contribution in [3.8, 4) is 11.1 Å². The van der Waals surface area contributed by atoms with Gasteiger partial charge in [-0.2, -0.15) is 5.10 Å². The highest BCUT2D eigenvalue weighted by atomic mass is 16.3. The molecule has 0 atom stereocenters. The van der Waals surface area contributed by atoms with Crippen molar-refractivity contribution in [1.29, 1.82) is 0 Å². The average Bonchev–Trinajstić information content (AvgIpc) is 3.33. The van der Waals surface area contributed by atoms with Gasteiger partial charge in [0.1, 0.15) is 5.76 Å². The van der Waals surface area contributed by atoms with Crippen molar-refractivity contribution in [3.05, 3.63) is 83.8 Å². The molecule has 0 unspecified atom stereocenters. The van der Waals surface area contributed by atoms with Gasteiger partial charge in [-0.3, -0.25) is 9.91 Å². The smallest absolute Gasteiger partial charge is 0.146 e. The zero-order valence-corrected chi connectivity index (χ0v) is 14.6. The van der Waals surface area contributed by atoms with Crippen LogP contribution in [0.25, 0.3) is 11.1 Å². The molecule has 5 rings (SSSR count). The monoisotopic (exact) mass is 343 g/mol. The fourth-order valence-electron chi connectivity index (χ4n) is 4.11. The third kappa shape index (κ3) is 2.63. The van der Waals surface area contributed by atoms with E-state index in [4.69, 9.17) is 4.42 Å². The van der Waals surface area contributed by atoms with Gasteiger partial charge in [0, 0.05) is 26.2 Å². The molecule has 1 fully saturated rings. The van der Waals surface area contributed by atoms with Crippen LogP contribution in [0.5, 0.6) is 0 Å². The third-order valence-corrected chi connectivity index (χ3v) is 5.35. The summed E-state index contributed by atoms with van der Waals surface area (Å²) in [5.74, 6) is 0.797. The van der Waals surface area contributed by atoms with Gasteiger partial charge in [-0.05, 0) is 34.4 Å². The van der Waals surface area contributed by atoms with E-state index in [9.17, 15) is 0 Å². The maximum Gasteiger partial charge on any atom is 0.146 e. The molecule has 130 valence electrons. The highest BCUT2D eigenvalue weighted by Crippen LogP contribution is 2.46. The maximum atomic E-state index is 5.32.